The zero-order valence-electron chi connectivity index (χ0n) is 24.4. The van der Waals surface area contributed by atoms with Crippen LogP contribution in [0.2, 0.25) is 0 Å². The molecule has 0 spiro atoms. The van der Waals surface area contributed by atoms with Crippen LogP contribution < -0.4 is 0 Å². The Morgan fingerprint density at radius 3 is 1.89 bits per heavy atom. The summed E-state index contributed by atoms with van der Waals surface area (Å²) in [7, 11) is 0. The van der Waals surface area contributed by atoms with E-state index in [-0.39, 0.29) is 12.8 Å². The molecule has 1 heterocycles. The third kappa shape index (κ3) is 8.65. The summed E-state index contributed by atoms with van der Waals surface area (Å²) in [6.07, 6.45) is 0.120. The summed E-state index contributed by atoms with van der Waals surface area (Å²) in [5, 5.41) is 0. The first-order chi connectivity index (χ1) is 16.7. The molecule has 10 heteroatoms. The summed E-state index contributed by atoms with van der Waals surface area (Å²) in [4.78, 5) is 56.3. The first-order valence-corrected chi connectivity index (χ1v) is 13.8. The largest absolute Gasteiger partial charge is 0.458 e. The van der Waals surface area contributed by atoms with Crippen molar-refractivity contribution in [3.63, 3.8) is 0 Å². The lowest BCUT2D eigenvalue weighted by Gasteiger charge is -2.48. The van der Waals surface area contributed by atoms with E-state index in [0.717, 1.165) is 10.7 Å². The highest BCUT2D eigenvalue weighted by Crippen LogP contribution is 2.47. The molecule has 0 N–H and O–H groups in total. The Kier molecular flexibility index (Phi) is 10.7. The molecular formula is C27H46N2O7S. The van der Waals surface area contributed by atoms with Crippen LogP contribution in [0.15, 0.2) is 12.7 Å². The van der Waals surface area contributed by atoms with Crippen LogP contribution in [0.1, 0.15) is 89.0 Å². The molecule has 1 fully saturated rings. The van der Waals surface area contributed by atoms with E-state index in [4.69, 9.17) is 14.2 Å². The molecule has 1 saturated heterocycles. The summed E-state index contributed by atoms with van der Waals surface area (Å²) in [6, 6.07) is -1.12. The molecule has 3 atom stereocenters. The number of carbonyl (C=O) groups excluding carboxylic acids is 4. The first-order valence-electron chi connectivity index (χ1n) is 12.7. The number of imide groups is 1. The standard InChI is InChI=1S/C27H46N2O7S/c1-13-19-17-20(21(31)34-24(4,5)6)29(23(33)36-26(10,11)12)27(19,15-16-37-14-2)28(18(3)30)22(32)35-25(7,8)9/h13,19-20H,1,14-17H2,2-12H3/t19-,20-,27+/m1/s1. The van der Waals surface area contributed by atoms with Crippen LogP contribution in [0.4, 0.5) is 9.59 Å². The van der Waals surface area contributed by atoms with E-state index in [1.807, 2.05) is 6.92 Å². The zero-order valence-corrected chi connectivity index (χ0v) is 25.2. The highest BCUT2D eigenvalue weighted by Gasteiger charge is 2.63. The quantitative estimate of drug-likeness (QED) is 0.173. The molecule has 9 nitrogen and oxygen atoms in total. The van der Waals surface area contributed by atoms with Crippen LogP contribution in [-0.4, -0.2) is 73.9 Å². The molecule has 1 aliphatic heterocycles. The van der Waals surface area contributed by atoms with Gasteiger partial charge in [0.05, 0.1) is 0 Å². The fraction of sp³-hybridized carbons (Fsp3) is 0.778. The van der Waals surface area contributed by atoms with Gasteiger partial charge in [-0.05, 0) is 86.7 Å². The molecule has 1 rings (SSSR count). The Hall–Kier alpha value is -2.23. The van der Waals surface area contributed by atoms with Crippen molar-refractivity contribution in [3.8, 4) is 0 Å². The van der Waals surface area contributed by atoms with Crippen molar-refractivity contribution in [1.82, 2.24) is 9.80 Å². The lowest BCUT2D eigenvalue weighted by Crippen LogP contribution is -2.68. The maximum Gasteiger partial charge on any atom is 0.419 e. The topological polar surface area (TPSA) is 102 Å². The van der Waals surface area contributed by atoms with Gasteiger partial charge in [0.25, 0.3) is 0 Å². The van der Waals surface area contributed by atoms with Crippen LogP contribution in [0, 0.1) is 5.92 Å². The third-order valence-electron chi connectivity index (χ3n) is 5.45. The van der Waals surface area contributed by atoms with Gasteiger partial charge in [-0.1, -0.05) is 13.0 Å². The van der Waals surface area contributed by atoms with E-state index in [1.165, 1.54) is 11.8 Å². The fourth-order valence-corrected chi connectivity index (χ4v) is 5.09. The molecule has 37 heavy (non-hydrogen) atoms. The van der Waals surface area contributed by atoms with Gasteiger partial charge in [-0.15, -0.1) is 6.58 Å². The van der Waals surface area contributed by atoms with Crippen LogP contribution in [-0.2, 0) is 23.8 Å². The maximum absolute atomic E-state index is 13.9. The lowest BCUT2D eigenvalue weighted by molar-refractivity contribution is -0.166. The predicted octanol–water partition coefficient (Wildman–Crippen LogP) is 5.76. The van der Waals surface area contributed by atoms with Crippen molar-refractivity contribution in [2.24, 2.45) is 5.92 Å². The number of carbonyl (C=O) groups is 4. The van der Waals surface area contributed by atoms with Crippen molar-refractivity contribution >= 4 is 35.8 Å². The Labute approximate surface area is 226 Å². The molecule has 0 aromatic heterocycles. The Balaban J connectivity index is 3.94. The van der Waals surface area contributed by atoms with E-state index in [1.54, 1.807) is 80.2 Å². The van der Waals surface area contributed by atoms with E-state index in [0.29, 0.717) is 5.75 Å². The molecular weight excluding hydrogens is 496 g/mol. The van der Waals surface area contributed by atoms with Gasteiger partial charge in [0.1, 0.15) is 28.5 Å². The molecule has 1 aliphatic rings. The van der Waals surface area contributed by atoms with Gasteiger partial charge in [0.2, 0.25) is 5.91 Å². The molecule has 0 bridgehead atoms. The van der Waals surface area contributed by atoms with Gasteiger partial charge in [0, 0.05) is 12.8 Å². The summed E-state index contributed by atoms with van der Waals surface area (Å²) in [5.74, 6) is -0.646. The molecule has 212 valence electrons. The fourth-order valence-electron chi connectivity index (χ4n) is 4.36. The van der Waals surface area contributed by atoms with Gasteiger partial charge < -0.3 is 14.2 Å². The number of thioether (sulfide) groups is 1. The molecule has 0 radical (unpaired) electrons. The summed E-state index contributed by atoms with van der Waals surface area (Å²) >= 11 is 1.59. The number of rotatable bonds is 7. The predicted molar refractivity (Wildman–Crippen MR) is 145 cm³/mol. The molecule has 0 saturated carbocycles. The van der Waals surface area contributed by atoms with E-state index < -0.39 is 58.5 Å². The molecule has 0 aliphatic carbocycles. The molecule has 0 aromatic rings. The molecule has 0 unspecified atom stereocenters. The number of esters is 1. The average Bonchev–Trinajstić information content (AvgIpc) is 2.98. The lowest BCUT2D eigenvalue weighted by atomic mass is 9.88. The summed E-state index contributed by atoms with van der Waals surface area (Å²) < 4.78 is 17.1. The van der Waals surface area contributed by atoms with E-state index >= 15 is 0 Å². The minimum absolute atomic E-state index is 0.0982. The second-order valence-electron chi connectivity index (χ2n) is 12.1. The first kappa shape index (κ1) is 32.8. The van der Waals surface area contributed by atoms with Gasteiger partial charge in [-0.2, -0.15) is 11.8 Å². The van der Waals surface area contributed by atoms with Crippen LogP contribution in [0.3, 0.4) is 0 Å². The minimum Gasteiger partial charge on any atom is -0.458 e. The maximum atomic E-state index is 13.9. The number of likely N-dealkylation sites (tertiary alicyclic amines) is 1. The smallest absolute Gasteiger partial charge is 0.419 e. The molecule has 0 aromatic carbocycles. The second kappa shape index (κ2) is 12.1. The average molecular weight is 543 g/mol. The Bertz CT molecular complexity index is 869. The minimum atomic E-state index is -1.60. The van der Waals surface area contributed by atoms with Crippen molar-refractivity contribution in [2.45, 2.75) is 118 Å². The Morgan fingerprint density at radius 2 is 1.49 bits per heavy atom. The summed E-state index contributed by atoms with van der Waals surface area (Å²) in [5.41, 5.74) is -4.23. The van der Waals surface area contributed by atoms with Crippen molar-refractivity contribution < 1.29 is 33.4 Å². The number of hydrogen-bond donors (Lipinski definition) is 0. The highest BCUT2D eigenvalue weighted by molar-refractivity contribution is 7.99. The third-order valence-corrected chi connectivity index (χ3v) is 6.35. The highest BCUT2D eigenvalue weighted by atomic mass is 32.2. The van der Waals surface area contributed by atoms with Crippen molar-refractivity contribution in [1.29, 1.82) is 0 Å². The van der Waals surface area contributed by atoms with Crippen LogP contribution in [0.25, 0.3) is 0 Å². The number of nitrogens with zero attached hydrogens (tertiary/aromatic N) is 2. The second-order valence-corrected chi connectivity index (χ2v) is 13.5. The van der Waals surface area contributed by atoms with Crippen LogP contribution in [0.5, 0.6) is 0 Å². The van der Waals surface area contributed by atoms with Gasteiger partial charge >= 0.3 is 18.2 Å². The van der Waals surface area contributed by atoms with Gasteiger partial charge in [-0.3, -0.25) is 9.69 Å². The van der Waals surface area contributed by atoms with Crippen LogP contribution >= 0.6 is 11.8 Å². The normalized spacial score (nSPS) is 22.3. The number of amides is 3. The van der Waals surface area contributed by atoms with Crippen molar-refractivity contribution in [3.05, 3.63) is 12.7 Å². The van der Waals surface area contributed by atoms with Gasteiger partial charge in [-0.25, -0.2) is 19.3 Å². The van der Waals surface area contributed by atoms with Crippen molar-refractivity contribution in [2.75, 3.05) is 11.5 Å². The van der Waals surface area contributed by atoms with E-state index in [9.17, 15) is 19.2 Å². The zero-order chi connectivity index (χ0) is 29.0. The van der Waals surface area contributed by atoms with Gasteiger partial charge in [0.15, 0.2) is 0 Å². The van der Waals surface area contributed by atoms with E-state index in [2.05, 4.69) is 6.58 Å². The Morgan fingerprint density at radius 1 is 0.973 bits per heavy atom. The SMILES string of the molecule is C=C[C@@H]1C[C@H](C(=O)OC(C)(C)C)N(C(=O)OC(C)(C)C)[C@]1(CCSCC)N(C(C)=O)C(=O)OC(C)(C)C. The number of ether oxygens (including phenoxy) is 3. The monoisotopic (exact) mass is 542 g/mol. The summed E-state index contributed by atoms with van der Waals surface area (Å²) in [6.45, 7) is 22.6. The number of hydrogen-bond acceptors (Lipinski definition) is 8. The molecule has 3 amide bonds.